The average Bonchev–Trinajstić information content (AvgIpc) is 2.39. The molecule has 1 aromatic rings. The fraction of sp³-hybridized carbons (Fsp3) is 0.400. The van der Waals surface area contributed by atoms with Crippen molar-refractivity contribution in [3.63, 3.8) is 0 Å². The molecule has 0 spiro atoms. The van der Waals surface area contributed by atoms with Crippen molar-refractivity contribution in [2.75, 3.05) is 12.3 Å². The van der Waals surface area contributed by atoms with E-state index in [9.17, 15) is 14.9 Å². The smallest absolute Gasteiger partial charge is 0.407 e. The number of nitro benzene ring substituents is 1. The van der Waals surface area contributed by atoms with Gasteiger partial charge in [-0.25, -0.2) is 4.79 Å². The van der Waals surface area contributed by atoms with Gasteiger partial charge in [0, 0.05) is 24.1 Å². The highest BCUT2D eigenvalue weighted by Crippen LogP contribution is 2.28. The van der Waals surface area contributed by atoms with Gasteiger partial charge in [0.05, 0.1) is 10.5 Å². The van der Waals surface area contributed by atoms with E-state index >= 15 is 0 Å². The number of halogens is 1. The number of hydrogen-bond donors (Lipinski definition) is 2. The predicted molar refractivity (Wildman–Crippen MR) is 88.3 cm³/mol. The highest BCUT2D eigenvalue weighted by atomic mass is 35.5. The molecule has 0 fully saturated rings. The number of ether oxygens (including phenoxy) is 1. The van der Waals surface area contributed by atoms with Crippen molar-refractivity contribution >= 4 is 29.1 Å². The van der Waals surface area contributed by atoms with Crippen molar-refractivity contribution in [2.24, 2.45) is 0 Å². The maximum absolute atomic E-state index is 11.4. The first-order chi connectivity index (χ1) is 10.6. The van der Waals surface area contributed by atoms with Crippen LogP contribution in [0.2, 0.25) is 5.02 Å². The number of nitrogen functional groups attached to an aromatic ring is 1. The number of nitro groups is 1. The second-order valence-corrected chi connectivity index (χ2v) is 6.06. The zero-order valence-electron chi connectivity index (χ0n) is 13.1. The molecule has 1 rings (SSSR count). The number of anilines is 1. The maximum Gasteiger partial charge on any atom is 0.407 e. The summed E-state index contributed by atoms with van der Waals surface area (Å²) in [5.74, 6) is 5.49. The number of nitrogens with zero attached hydrogens (tertiary/aromatic N) is 1. The van der Waals surface area contributed by atoms with E-state index in [0.29, 0.717) is 6.42 Å². The number of alkyl carbamates (subject to hydrolysis) is 1. The Bertz CT molecular complexity index is 672. The van der Waals surface area contributed by atoms with E-state index in [1.165, 1.54) is 12.1 Å². The van der Waals surface area contributed by atoms with Crippen LogP contribution in [0.15, 0.2) is 12.1 Å². The molecule has 1 amide bonds. The van der Waals surface area contributed by atoms with E-state index in [2.05, 4.69) is 17.2 Å². The summed E-state index contributed by atoms with van der Waals surface area (Å²) in [6.45, 7) is 5.58. The minimum absolute atomic E-state index is 0.0352. The highest BCUT2D eigenvalue weighted by molar-refractivity contribution is 6.31. The Hall–Kier alpha value is -2.46. The van der Waals surface area contributed by atoms with Crippen LogP contribution >= 0.6 is 11.6 Å². The van der Waals surface area contributed by atoms with E-state index in [-0.39, 0.29) is 28.5 Å². The van der Waals surface area contributed by atoms with Crippen LogP contribution < -0.4 is 11.1 Å². The van der Waals surface area contributed by atoms with Crippen LogP contribution in [0.3, 0.4) is 0 Å². The molecule has 0 atom stereocenters. The Labute approximate surface area is 139 Å². The van der Waals surface area contributed by atoms with Crippen molar-refractivity contribution < 1.29 is 14.5 Å². The molecule has 0 aliphatic carbocycles. The lowest BCUT2D eigenvalue weighted by Crippen LogP contribution is -2.32. The van der Waals surface area contributed by atoms with E-state index in [1.54, 1.807) is 20.8 Å². The Kier molecular flexibility index (Phi) is 6.22. The fourth-order valence-corrected chi connectivity index (χ4v) is 1.77. The SMILES string of the molecule is CC(C)(C)OC(=O)NCCC#Cc1cc(Cl)cc([N+](=O)[O-])c1N. The van der Waals surface area contributed by atoms with Gasteiger partial charge in [0.15, 0.2) is 0 Å². The maximum atomic E-state index is 11.4. The lowest BCUT2D eigenvalue weighted by Gasteiger charge is -2.19. The average molecular weight is 340 g/mol. The van der Waals surface area contributed by atoms with Crippen LogP contribution in [-0.2, 0) is 4.74 Å². The molecule has 0 saturated carbocycles. The van der Waals surface area contributed by atoms with Crippen LogP contribution in [0, 0.1) is 22.0 Å². The first-order valence-electron chi connectivity index (χ1n) is 6.79. The molecule has 0 saturated heterocycles. The summed E-state index contributed by atoms with van der Waals surface area (Å²) in [6, 6.07) is 2.63. The van der Waals surface area contributed by atoms with Crippen LogP contribution in [0.25, 0.3) is 0 Å². The zero-order chi connectivity index (χ0) is 17.6. The van der Waals surface area contributed by atoms with Crippen LogP contribution in [0.4, 0.5) is 16.2 Å². The summed E-state index contributed by atoms with van der Waals surface area (Å²) in [4.78, 5) is 21.7. The molecule has 0 radical (unpaired) electrons. The first-order valence-corrected chi connectivity index (χ1v) is 7.17. The van der Waals surface area contributed by atoms with Crippen molar-refractivity contribution in [1.29, 1.82) is 0 Å². The third-order valence-electron chi connectivity index (χ3n) is 2.46. The molecular formula is C15H18ClN3O4. The Morgan fingerprint density at radius 1 is 1.48 bits per heavy atom. The van der Waals surface area contributed by atoms with Gasteiger partial charge < -0.3 is 15.8 Å². The number of hydrogen-bond acceptors (Lipinski definition) is 5. The Balaban J connectivity index is 2.64. The van der Waals surface area contributed by atoms with E-state index in [4.69, 9.17) is 22.1 Å². The summed E-state index contributed by atoms with van der Waals surface area (Å²) < 4.78 is 5.07. The van der Waals surface area contributed by atoms with Gasteiger partial charge >= 0.3 is 6.09 Å². The first kappa shape index (κ1) is 18.6. The van der Waals surface area contributed by atoms with Crippen LogP contribution in [0.1, 0.15) is 32.8 Å². The minimum Gasteiger partial charge on any atom is -0.444 e. The third kappa shape index (κ3) is 6.45. The Morgan fingerprint density at radius 2 is 2.13 bits per heavy atom. The summed E-state index contributed by atoms with van der Waals surface area (Å²) in [6.07, 6.45) is -0.198. The molecular weight excluding hydrogens is 322 g/mol. The molecule has 0 bridgehead atoms. The summed E-state index contributed by atoms with van der Waals surface area (Å²) in [7, 11) is 0. The molecule has 3 N–H and O–H groups in total. The lowest BCUT2D eigenvalue weighted by atomic mass is 10.1. The number of carbonyl (C=O) groups excluding carboxylic acids is 1. The number of benzene rings is 1. The van der Waals surface area contributed by atoms with Gasteiger partial charge in [0.2, 0.25) is 0 Å². The van der Waals surface area contributed by atoms with Crippen molar-refractivity contribution in [3.05, 3.63) is 32.8 Å². The van der Waals surface area contributed by atoms with Crippen LogP contribution in [0.5, 0.6) is 0 Å². The normalized spacial score (nSPS) is 10.4. The monoisotopic (exact) mass is 339 g/mol. The summed E-state index contributed by atoms with van der Waals surface area (Å²) in [5, 5.41) is 13.6. The molecule has 0 aromatic heterocycles. The van der Waals surface area contributed by atoms with Gasteiger partial charge in [-0.1, -0.05) is 23.4 Å². The fourth-order valence-electron chi connectivity index (χ4n) is 1.56. The predicted octanol–water partition coefficient (Wildman–Crippen LogP) is 3.10. The summed E-state index contributed by atoms with van der Waals surface area (Å²) >= 11 is 5.81. The van der Waals surface area contributed by atoms with Crippen LogP contribution in [-0.4, -0.2) is 23.2 Å². The standard InChI is InChI=1S/C15H18ClN3O4/c1-15(2,3)23-14(20)18-7-5-4-6-10-8-11(16)9-12(13(10)17)19(21)22/h8-9H,5,7,17H2,1-3H3,(H,18,20). The largest absolute Gasteiger partial charge is 0.444 e. The van der Waals surface area contributed by atoms with Crippen molar-refractivity contribution in [1.82, 2.24) is 5.32 Å². The number of amides is 1. The quantitative estimate of drug-likeness (QED) is 0.289. The number of nitrogens with one attached hydrogen (secondary N) is 1. The topological polar surface area (TPSA) is 107 Å². The molecule has 1 aromatic carbocycles. The van der Waals surface area contributed by atoms with E-state index in [1.807, 2.05) is 0 Å². The summed E-state index contributed by atoms with van der Waals surface area (Å²) in [5.41, 5.74) is 5.09. The molecule has 0 aliphatic heterocycles. The van der Waals surface area contributed by atoms with Gasteiger partial charge in [-0.05, 0) is 26.8 Å². The van der Waals surface area contributed by atoms with Crippen molar-refractivity contribution in [3.8, 4) is 11.8 Å². The van der Waals surface area contributed by atoms with Gasteiger partial charge in [0.25, 0.3) is 5.69 Å². The third-order valence-corrected chi connectivity index (χ3v) is 2.68. The van der Waals surface area contributed by atoms with Crippen molar-refractivity contribution in [2.45, 2.75) is 32.8 Å². The highest BCUT2D eigenvalue weighted by Gasteiger charge is 2.16. The molecule has 7 nitrogen and oxygen atoms in total. The molecule has 8 heteroatoms. The molecule has 0 unspecified atom stereocenters. The second-order valence-electron chi connectivity index (χ2n) is 5.62. The Morgan fingerprint density at radius 3 is 2.70 bits per heavy atom. The number of nitrogens with two attached hydrogens (primary N) is 1. The van der Waals surface area contributed by atoms with Gasteiger partial charge in [-0.15, -0.1) is 0 Å². The minimum atomic E-state index is -0.615. The van der Waals surface area contributed by atoms with Gasteiger partial charge in [-0.3, -0.25) is 10.1 Å². The van der Waals surface area contributed by atoms with Gasteiger partial charge in [-0.2, -0.15) is 0 Å². The molecule has 0 aliphatic rings. The number of carbonyl (C=O) groups is 1. The van der Waals surface area contributed by atoms with E-state index < -0.39 is 16.6 Å². The molecule has 124 valence electrons. The van der Waals surface area contributed by atoms with E-state index in [0.717, 1.165) is 0 Å². The second kappa shape index (κ2) is 7.70. The van der Waals surface area contributed by atoms with Gasteiger partial charge in [0.1, 0.15) is 11.3 Å². The number of rotatable bonds is 3. The zero-order valence-corrected chi connectivity index (χ0v) is 13.9. The molecule has 23 heavy (non-hydrogen) atoms. The molecule has 0 heterocycles. The lowest BCUT2D eigenvalue weighted by molar-refractivity contribution is -0.383.